The van der Waals surface area contributed by atoms with Gasteiger partial charge in [0, 0.05) is 18.7 Å². The monoisotopic (exact) mass is 280 g/mol. The second kappa shape index (κ2) is 9.18. The molecular weight excluding hydrogens is 256 g/mol. The maximum atomic E-state index is 10.8. The third-order valence-corrected chi connectivity index (χ3v) is 3.24. The molecular formula is C15H24N2O3. The van der Waals surface area contributed by atoms with E-state index in [-0.39, 0.29) is 5.69 Å². The van der Waals surface area contributed by atoms with E-state index in [1.807, 2.05) is 0 Å². The van der Waals surface area contributed by atoms with Gasteiger partial charge in [-0.25, -0.2) is 0 Å². The number of hydrogen-bond acceptors (Lipinski definition) is 4. The van der Waals surface area contributed by atoms with Gasteiger partial charge in [0.25, 0.3) is 5.69 Å². The van der Waals surface area contributed by atoms with Crippen LogP contribution in [-0.2, 0) is 0 Å². The molecule has 20 heavy (non-hydrogen) atoms. The standard InChI is InChI=1S/C15H24N2O3/c1-3-4-5-6-7-8-11-16-14-12-13(17(18)19)9-10-15(14)20-2/h9-10,12,16H,3-8,11H2,1-2H3. The maximum absolute atomic E-state index is 10.8. The molecule has 0 fully saturated rings. The summed E-state index contributed by atoms with van der Waals surface area (Å²) in [4.78, 5) is 10.4. The molecule has 5 nitrogen and oxygen atoms in total. The molecule has 0 radical (unpaired) electrons. The number of benzene rings is 1. The minimum atomic E-state index is -0.393. The minimum Gasteiger partial charge on any atom is -0.495 e. The van der Waals surface area contributed by atoms with Crippen LogP contribution in [0.25, 0.3) is 0 Å². The first-order valence-electron chi connectivity index (χ1n) is 7.25. The molecule has 0 aliphatic carbocycles. The van der Waals surface area contributed by atoms with Gasteiger partial charge in [-0.15, -0.1) is 0 Å². The summed E-state index contributed by atoms with van der Waals surface area (Å²) < 4.78 is 5.21. The van der Waals surface area contributed by atoms with Crippen LogP contribution in [0, 0.1) is 10.1 Å². The smallest absolute Gasteiger partial charge is 0.271 e. The first-order valence-corrected chi connectivity index (χ1v) is 7.25. The van der Waals surface area contributed by atoms with Crippen LogP contribution in [-0.4, -0.2) is 18.6 Å². The highest BCUT2D eigenvalue weighted by molar-refractivity contribution is 5.61. The van der Waals surface area contributed by atoms with Gasteiger partial charge in [0.05, 0.1) is 17.7 Å². The summed E-state index contributed by atoms with van der Waals surface area (Å²) in [5.74, 6) is 0.640. The highest BCUT2D eigenvalue weighted by Crippen LogP contribution is 2.28. The number of hydrogen-bond donors (Lipinski definition) is 1. The fraction of sp³-hybridized carbons (Fsp3) is 0.600. The third-order valence-electron chi connectivity index (χ3n) is 3.24. The molecule has 0 saturated carbocycles. The van der Waals surface area contributed by atoms with Gasteiger partial charge in [0.2, 0.25) is 0 Å². The Morgan fingerprint density at radius 2 is 1.90 bits per heavy atom. The molecule has 0 heterocycles. The van der Waals surface area contributed by atoms with E-state index in [9.17, 15) is 10.1 Å². The summed E-state index contributed by atoms with van der Waals surface area (Å²) >= 11 is 0. The van der Waals surface area contributed by atoms with Crippen LogP contribution in [0.2, 0.25) is 0 Å². The van der Waals surface area contributed by atoms with Crippen LogP contribution < -0.4 is 10.1 Å². The normalized spacial score (nSPS) is 10.3. The van der Waals surface area contributed by atoms with E-state index >= 15 is 0 Å². The number of non-ortho nitro benzene ring substituents is 1. The van der Waals surface area contributed by atoms with Crippen LogP contribution in [0.15, 0.2) is 18.2 Å². The van der Waals surface area contributed by atoms with Gasteiger partial charge >= 0.3 is 0 Å². The van der Waals surface area contributed by atoms with Crippen molar-refractivity contribution in [3.63, 3.8) is 0 Å². The number of nitro benzene ring substituents is 1. The van der Waals surface area contributed by atoms with Crippen LogP contribution in [0.4, 0.5) is 11.4 Å². The Labute approximate surface area is 120 Å². The highest BCUT2D eigenvalue weighted by atomic mass is 16.6. The van der Waals surface area contributed by atoms with E-state index in [2.05, 4.69) is 12.2 Å². The predicted molar refractivity (Wildman–Crippen MR) is 81.5 cm³/mol. The molecule has 1 aromatic carbocycles. The van der Waals surface area contributed by atoms with Crippen LogP contribution in [0.5, 0.6) is 5.75 Å². The Kier molecular flexibility index (Phi) is 7.47. The second-order valence-corrected chi connectivity index (χ2v) is 4.84. The first-order chi connectivity index (χ1) is 9.69. The summed E-state index contributed by atoms with van der Waals surface area (Å²) in [5, 5.41) is 14.0. The second-order valence-electron chi connectivity index (χ2n) is 4.84. The van der Waals surface area contributed by atoms with Gasteiger partial charge in [-0.1, -0.05) is 39.0 Å². The Morgan fingerprint density at radius 1 is 1.20 bits per heavy atom. The van der Waals surface area contributed by atoms with E-state index < -0.39 is 4.92 Å². The molecule has 1 aromatic rings. The van der Waals surface area contributed by atoms with E-state index in [4.69, 9.17) is 4.74 Å². The lowest BCUT2D eigenvalue weighted by molar-refractivity contribution is -0.384. The molecule has 0 amide bonds. The maximum Gasteiger partial charge on any atom is 0.271 e. The molecule has 0 aliphatic heterocycles. The number of nitro groups is 1. The van der Waals surface area contributed by atoms with Crippen molar-refractivity contribution >= 4 is 11.4 Å². The molecule has 1 rings (SSSR count). The lowest BCUT2D eigenvalue weighted by Gasteiger charge is -2.10. The minimum absolute atomic E-state index is 0.0799. The Balaban J connectivity index is 2.41. The van der Waals surface area contributed by atoms with Crippen molar-refractivity contribution in [2.75, 3.05) is 19.0 Å². The van der Waals surface area contributed by atoms with Crippen molar-refractivity contribution in [3.8, 4) is 5.75 Å². The number of rotatable bonds is 10. The molecule has 0 atom stereocenters. The van der Waals surface area contributed by atoms with Crippen molar-refractivity contribution in [3.05, 3.63) is 28.3 Å². The Morgan fingerprint density at radius 3 is 2.55 bits per heavy atom. The van der Waals surface area contributed by atoms with Gasteiger partial charge in [0.15, 0.2) is 0 Å². The third kappa shape index (κ3) is 5.47. The number of ether oxygens (including phenoxy) is 1. The zero-order valence-electron chi connectivity index (χ0n) is 12.4. The van der Waals surface area contributed by atoms with Gasteiger partial charge in [-0.3, -0.25) is 10.1 Å². The zero-order chi connectivity index (χ0) is 14.8. The summed E-state index contributed by atoms with van der Waals surface area (Å²) in [5.41, 5.74) is 0.770. The summed E-state index contributed by atoms with van der Waals surface area (Å²) in [6, 6.07) is 4.60. The molecule has 0 aromatic heterocycles. The van der Waals surface area contributed by atoms with Gasteiger partial charge in [0.1, 0.15) is 5.75 Å². The summed E-state index contributed by atoms with van der Waals surface area (Å²) in [7, 11) is 1.57. The quantitative estimate of drug-likeness (QED) is 0.392. The fourth-order valence-corrected chi connectivity index (χ4v) is 2.08. The molecule has 0 unspecified atom stereocenters. The first kappa shape index (κ1) is 16.3. The van der Waals surface area contributed by atoms with Gasteiger partial charge < -0.3 is 10.1 Å². The number of nitrogens with zero attached hydrogens (tertiary/aromatic N) is 1. The van der Waals surface area contributed by atoms with Crippen LogP contribution in [0.3, 0.4) is 0 Å². The molecule has 1 N–H and O–H groups in total. The molecule has 0 bridgehead atoms. The Hall–Kier alpha value is -1.78. The largest absolute Gasteiger partial charge is 0.495 e. The number of unbranched alkanes of at least 4 members (excludes halogenated alkanes) is 5. The number of nitrogens with one attached hydrogen (secondary N) is 1. The summed E-state index contributed by atoms with van der Waals surface area (Å²) in [6.45, 7) is 3.01. The number of anilines is 1. The average molecular weight is 280 g/mol. The Bertz CT molecular complexity index is 422. The molecule has 0 aliphatic rings. The molecule has 5 heteroatoms. The lowest BCUT2D eigenvalue weighted by atomic mass is 10.1. The molecule has 0 spiro atoms. The predicted octanol–water partition coefficient (Wildman–Crippen LogP) is 4.38. The molecule has 0 saturated heterocycles. The molecule has 112 valence electrons. The SMILES string of the molecule is CCCCCCCCNc1cc([N+](=O)[O-])ccc1OC. The van der Waals surface area contributed by atoms with Crippen molar-refractivity contribution < 1.29 is 9.66 Å². The summed E-state index contributed by atoms with van der Waals surface area (Å²) in [6.07, 6.45) is 7.34. The highest BCUT2D eigenvalue weighted by Gasteiger charge is 2.10. The van der Waals surface area contributed by atoms with E-state index in [1.165, 1.54) is 44.2 Å². The van der Waals surface area contributed by atoms with Crippen LogP contribution in [0.1, 0.15) is 45.4 Å². The topological polar surface area (TPSA) is 64.4 Å². The van der Waals surface area contributed by atoms with Crippen LogP contribution >= 0.6 is 0 Å². The van der Waals surface area contributed by atoms with Gasteiger partial charge in [-0.05, 0) is 12.5 Å². The average Bonchev–Trinajstić information content (AvgIpc) is 2.46. The van der Waals surface area contributed by atoms with E-state index in [0.717, 1.165) is 13.0 Å². The van der Waals surface area contributed by atoms with Crippen molar-refractivity contribution in [1.82, 2.24) is 0 Å². The zero-order valence-corrected chi connectivity index (χ0v) is 12.4. The van der Waals surface area contributed by atoms with Crippen molar-refractivity contribution in [2.24, 2.45) is 0 Å². The van der Waals surface area contributed by atoms with Gasteiger partial charge in [-0.2, -0.15) is 0 Å². The number of methoxy groups -OCH3 is 1. The van der Waals surface area contributed by atoms with E-state index in [1.54, 1.807) is 13.2 Å². The van der Waals surface area contributed by atoms with Crippen molar-refractivity contribution in [2.45, 2.75) is 45.4 Å². The van der Waals surface area contributed by atoms with Crippen molar-refractivity contribution in [1.29, 1.82) is 0 Å². The fourth-order valence-electron chi connectivity index (χ4n) is 2.08. The lowest BCUT2D eigenvalue weighted by Crippen LogP contribution is -2.04. The van der Waals surface area contributed by atoms with E-state index in [0.29, 0.717) is 11.4 Å².